The van der Waals surface area contributed by atoms with Crippen LogP contribution in [-0.4, -0.2) is 27.2 Å². The van der Waals surface area contributed by atoms with Gasteiger partial charge in [-0.05, 0) is 93.7 Å². The molecule has 0 saturated heterocycles. The van der Waals surface area contributed by atoms with Crippen molar-refractivity contribution in [2.75, 3.05) is 5.32 Å². The molecule has 2 aliphatic rings. The Morgan fingerprint density at radius 1 is 0.977 bits per heavy atom. The lowest BCUT2D eigenvalue weighted by molar-refractivity contribution is -0.161. The first-order chi connectivity index (χ1) is 20.6. The molecular formula is C37H42N2O4. The van der Waals surface area contributed by atoms with Crippen molar-refractivity contribution >= 4 is 28.3 Å². The Bertz CT molecular complexity index is 1620. The molecule has 0 aliphatic heterocycles. The standard InChI is InChI=1S/C37H42N2O4/c1-36(2,3)43-35(42)37(19-20-37)22-26-9-8-13-30(21-26)38-33(40)32(27-10-4-5-11-27)28-17-15-25(16-18-28)23-39-24-29-12-6-7-14-31(29)34(39)41/h6-9,12-18,21,24,27,32,41H,4-5,10-11,19-20,22-23H2,1-3H3,(H,38,40)/t32-/m0/s1. The highest BCUT2D eigenvalue weighted by Crippen LogP contribution is 2.50. The van der Waals surface area contributed by atoms with Gasteiger partial charge in [-0.1, -0.05) is 67.4 Å². The SMILES string of the molecule is CC(C)(C)OC(=O)C1(Cc2cccc(NC(=O)[C@H](c3ccc(Cn4cc5ccccc5c4O)cc3)C3CCCC3)c2)CC1. The van der Waals surface area contributed by atoms with Gasteiger partial charge in [0.1, 0.15) is 5.60 Å². The van der Waals surface area contributed by atoms with E-state index in [2.05, 4.69) is 29.6 Å². The summed E-state index contributed by atoms with van der Waals surface area (Å²) in [6, 6.07) is 24.0. The largest absolute Gasteiger partial charge is 0.494 e. The van der Waals surface area contributed by atoms with Crippen molar-refractivity contribution in [3.8, 4) is 5.88 Å². The first-order valence-corrected chi connectivity index (χ1v) is 15.6. The second-order valence-corrected chi connectivity index (χ2v) is 13.6. The second kappa shape index (κ2) is 11.6. The number of amides is 1. The minimum absolute atomic E-state index is 0.0133. The number of carbonyl (C=O) groups is 2. The molecule has 0 bridgehead atoms. The predicted molar refractivity (Wildman–Crippen MR) is 170 cm³/mol. The summed E-state index contributed by atoms with van der Waals surface area (Å²) in [5.74, 6) is 0.219. The monoisotopic (exact) mass is 578 g/mol. The summed E-state index contributed by atoms with van der Waals surface area (Å²) in [6.07, 6.45) is 8.64. The van der Waals surface area contributed by atoms with E-state index in [1.165, 1.54) is 0 Å². The summed E-state index contributed by atoms with van der Waals surface area (Å²) in [5, 5.41) is 15.8. The van der Waals surface area contributed by atoms with Crippen LogP contribution < -0.4 is 5.32 Å². The van der Waals surface area contributed by atoms with Crippen LogP contribution in [0.3, 0.4) is 0 Å². The van der Waals surface area contributed by atoms with Crippen molar-refractivity contribution in [2.24, 2.45) is 11.3 Å². The van der Waals surface area contributed by atoms with Crippen LogP contribution in [-0.2, 0) is 27.3 Å². The number of nitrogens with zero attached hydrogens (tertiary/aromatic N) is 1. The zero-order valence-electron chi connectivity index (χ0n) is 25.4. The number of rotatable bonds is 9. The van der Waals surface area contributed by atoms with E-state index in [4.69, 9.17) is 4.74 Å². The lowest BCUT2D eigenvalue weighted by atomic mass is 9.83. The number of fused-ring (bicyclic) bond motifs is 1. The molecule has 2 aliphatic carbocycles. The van der Waals surface area contributed by atoms with Crippen molar-refractivity contribution in [3.05, 3.63) is 95.7 Å². The van der Waals surface area contributed by atoms with Gasteiger partial charge >= 0.3 is 5.97 Å². The van der Waals surface area contributed by atoms with Gasteiger partial charge in [0.2, 0.25) is 5.91 Å². The van der Waals surface area contributed by atoms with Crippen molar-refractivity contribution in [1.29, 1.82) is 0 Å². The van der Waals surface area contributed by atoms with Gasteiger partial charge < -0.3 is 19.7 Å². The summed E-state index contributed by atoms with van der Waals surface area (Å²) >= 11 is 0. The highest BCUT2D eigenvalue weighted by Gasteiger charge is 2.52. The molecule has 1 heterocycles. The predicted octanol–water partition coefficient (Wildman–Crippen LogP) is 7.97. The fourth-order valence-corrected chi connectivity index (χ4v) is 6.63. The number of anilines is 1. The highest BCUT2D eigenvalue weighted by atomic mass is 16.6. The van der Waals surface area contributed by atoms with Crippen molar-refractivity contribution in [2.45, 2.75) is 83.8 Å². The number of nitrogens with one attached hydrogen (secondary N) is 1. The Hall–Kier alpha value is -4.06. The van der Waals surface area contributed by atoms with Crippen LogP contribution in [0.15, 0.2) is 79.0 Å². The van der Waals surface area contributed by atoms with Gasteiger partial charge in [0, 0.05) is 22.7 Å². The number of esters is 1. The Kier molecular flexibility index (Phi) is 7.80. The van der Waals surface area contributed by atoms with Crippen LogP contribution >= 0.6 is 0 Å². The van der Waals surface area contributed by atoms with Crippen LogP contribution in [0, 0.1) is 11.3 Å². The number of benzene rings is 3. The quantitative estimate of drug-likeness (QED) is 0.197. The normalized spacial score (nSPS) is 17.1. The maximum atomic E-state index is 13.9. The third-order valence-electron chi connectivity index (χ3n) is 9.04. The van der Waals surface area contributed by atoms with Crippen LogP contribution in [0.1, 0.15) is 81.9 Å². The van der Waals surface area contributed by atoms with Crippen LogP contribution in [0.2, 0.25) is 0 Å². The fraction of sp³-hybridized carbons (Fsp3) is 0.405. The first-order valence-electron chi connectivity index (χ1n) is 15.6. The Morgan fingerprint density at radius 2 is 1.70 bits per heavy atom. The first kappa shape index (κ1) is 29.0. The Morgan fingerprint density at radius 3 is 2.37 bits per heavy atom. The molecule has 0 unspecified atom stereocenters. The molecule has 2 saturated carbocycles. The molecule has 224 valence electrons. The van der Waals surface area contributed by atoms with Gasteiger partial charge in [0.15, 0.2) is 5.88 Å². The van der Waals surface area contributed by atoms with Gasteiger partial charge in [-0.2, -0.15) is 0 Å². The maximum Gasteiger partial charge on any atom is 0.312 e. The summed E-state index contributed by atoms with van der Waals surface area (Å²) in [7, 11) is 0. The topological polar surface area (TPSA) is 80.6 Å². The summed E-state index contributed by atoms with van der Waals surface area (Å²) < 4.78 is 7.57. The van der Waals surface area contributed by atoms with Crippen molar-refractivity contribution in [1.82, 2.24) is 4.57 Å². The van der Waals surface area contributed by atoms with E-state index in [1.54, 1.807) is 0 Å². The Balaban J connectivity index is 1.17. The molecule has 1 aromatic heterocycles. The lowest BCUT2D eigenvalue weighted by Gasteiger charge is -2.24. The number of hydrogen-bond acceptors (Lipinski definition) is 4. The van der Waals surface area contributed by atoms with Gasteiger partial charge in [0.05, 0.1) is 17.9 Å². The zero-order chi connectivity index (χ0) is 30.2. The van der Waals surface area contributed by atoms with Gasteiger partial charge in [-0.3, -0.25) is 9.59 Å². The van der Waals surface area contributed by atoms with Crippen molar-refractivity contribution < 1.29 is 19.4 Å². The number of ether oxygens (including phenoxy) is 1. The van der Waals surface area contributed by atoms with E-state index in [0.29, 0.717) is 18.9 Å². The molecule has 6 nitrogen and oxygen atoms in total. The molecule has 0 radical (unpaired) electrons. The fourth-order valence-electron chi connectivity index (χ4n) is 6.63. The zero-order valence-corrected chi connectivity index (χ0v) is 25.4. The van der Waals surface area contributed by atoms with E-state index < -0.39 is 11.0 Å². The van der Waals surface area contributed by atoms with E-state index in [1.807, 2.05) is 80.1 Å². The van der Waals surface area contributed by atoms with Crippen LogP contribution in [0.25, 0.3) is 10.8 Å². The molecule has 2 N–H and O–H groups in total. The summed E-state index contributed by atoms with van der Waals surface area (Å²) in [5.41, 5.74) is 2.92. The number of aromatic nitrogens is 1. The molecule has 3 aromatic carbocycles. The number of aromatic hydroxyl groups is 1. The average molecular weight is 579 g/mol. The van der Waals surface area contributed by atoms with E-state index in [-0.39, 0.29) is 23.7 Å². The maximum absolute atomic E-state index is 13.9. The van der Waals surface area contributed by atoms with Crippen LogP contribution in [0.4, 0.5) is 5.69 Å². The van der Waals surface area contributed by atoms with E-state index in [0.717, 1.165) is 71.7 Å². The number of carbonyl (C=O) groups excluding carboxylic acids is 2. The Labute approximate surface area is 254 Å². The van der Waals surface area contributed by atoms with E-state index in [9.17, 15) is 14.7 Å². The molecular weight excluding hydrogens is 536 g/mol. The lowest BCUT2D eigenvalue weighted by Crippen LogP contribution is -2.30. The third-order valence-corrected chi connectivity index (χ3v) is 9.04. The summed E-state index contributed by atoms with van der Waals surface area (Å²) in [6.45, 7) is 6.26. The van der Waals surface area contributed by atoms with Gasteiger partial charge in [-0.15, -0.1) is 0 Å². The highest BCUT2D eigenvalue weighted by molar-refractivity contribution is 5.96. The minimum atomic E-state index is -0.505. The van der Waals surface area contributed by atoms with Crippen molar-refractivity contribution in [3.63, 3.8) is 0 Å². The molecule has 4 aromatic rings. The molecule has 43 heavy (non-hydrogen) atoms. The number of hydrogen-bond donors (Lipinski definition) is 2. The molecule has 6 rings (SSSR count). The minimum Gasteiger partial charge on any atom is -0.494 e. The average Bonchev–Trinajstić information content (AvgIpc) is 3.42. The molecule has 1 atom stereocenters. The molecule has 0 spiro atoms. The van der Waals surface area contributed by atoms with Crippen LogP contribution in [0.5, 0.6) is 5.88 Å². The van der Waals surface area contributed by atoms with Gasteiger partial charge in [-0.25, -0.2) is 0 Å². The second-order valence-electron chi connectivity index (χ2n) is 13.6. The molecule has 2 fully saturated rings. The van der Waals surface area contributed by atoms with Gasteiger partial charge in [0.25, 0.3) is 0 Å². The molecule has 1 amide bonds. The smallest absolute Gasteiger partial charge is 0.312 e. The van der Waals surface area contributed by atoms with E-state index >= 15 is 0 Å². The summed E-state index contributed by atoms with van der Waals surface area (Å²) in [4.78, 5) is 26.8. The molecule has 6 heteroatoms. The third kappa shape index (κ3) is 6.48.